The van der Waals surface area contributed by atoms with Crippen molar-refractivity contribution >= 4 is 0 Å². The van der Waals surface area contributed by atoms with Crippen LogP contribution in [0.15, 0.2) is 73.0 Å². The van der Waals surface area contributed by atoms with Crippen molar-refractivity contribution in [3.63, 3.8) is 0 Å². The molecule has 0 aromatic heterocycles. The second kappa shape index (κ2) is 14.6. The van der Waals surface area contributed by atoms with Gasteiger partial charge in [-0.3, -0.25) is 0 Å². The first kappa shape index (κ1) is 35.3. The van der Waals surface area contributed by atoms with Gasteiger partial charge in [0.15, 0.2) is 0 Å². The highest BCUT2D eigenvalue weighted by molar-refractivity contribution is 5.39. The lowest BCUT2D eigenvalue weighted by Crippen LogP contribution is -2.55. The van der Waals surface area contributed by atoms with Gasteiger partial charge in [0.2, 0.25) is 0 Å². The van der Waals surface area contributed by atoms with E-state index in [9.17, 15) is 17.6 Å². The Morgan fingerprint density at radius 2 is 1.40 bits per heavy atom. The molecule has 47 heavy (non-hydrogen) atoms. The molecule has 8 heteroatoms. The summed E-state index contributed by atoms with van der Waals surface area (Å²) in [5.74, 6) is 2.19. The van der Waals surface area contributed by atoms with Crippen molar-refractivity contribution in [1.82, 2.24) is 10.6 Å². The molecule has 258 valence electrons. The molecule has 0 bridgehead atoms. The molecule has 4 nitrogen and oxygen atoms in total. The molecule has 2 N–H and O–H groups in total. The van der Waals surface area contributed by atoms with E-state index >= 15 is 0 Å². The minimum atomic E-state index is -2.91. The van der Waals surface area contributed by atoms with Gasteiger partial charge in [-0.1, -0.05) is 70.7 Å². The van der Waals surface area contributed by atoms with Crippen LogP contribution in [-0.4, -0.2) is 25.8 Å². The Hall–Kier alpha value is -3.00. The maximum Gasteiger partial charge on any atom is 0.387 e. The number of ether oxygens (including phenoxy) is 2. The fraction of sp³-hybridized carbons (Fsp3) is 0.590. The van der Waals surface area contributed by atoms with Crippen LogP contribution in [0.4, 0.5) is 17.6 Å². The van der Waals surface area contributed by atoms with Gasteiger partial charge in [-0.05, 0) is 122 Å². The Morgan fingerprint density at radius 1 is 0.851 bits per heavy atom. The number of hydrogen-bond acceptors (Lipinski definition) is 4. The SMILES string of the molecule is C=C1CC[C@](C)(C2CC[C@]3(C)C(C(=C)NC(c4ccc(OC(F)F)cc4)c4ccc(OC(F)F)cc4)CCC3C2C)C(NCCC)C1. The molecule has 3 saturated carbocycles. The Labute approximate surface area is 278 Å². The van der Waals surface area contributed by atoms with Crippen LogP contribution in [0.2, 0.25) is 0 Å². The molecule has 3 aliphatic rings. The minimum Gasteiger partial charge on any atom is -0.435 e. The summed E-state index contributed by atoms with van der Waals surface area (Å²) >= 11 is 0. The van der Waals surface area contributed by atoms with E-state index in [4.69, 9.17) is 0 Å². The van der Waals surface area contributed by atoms with E-state index in [1.54, 1.807) is 24.3 Å². The molecule has 0 saturated heterocycles. The number of rotatable bonds is 13. The zero-order valence-corrected chi connectivity index (χ0v) is 28.3. The number of alkyl halides is 4. The van der Waals surface area contributed by atoms with Crippen molar-refractivity contribution in [1.29, 1.82) is 0 Å². The molecule has 2 aromatic rings. The first-order chi connectivity index (χ1) is 22.4. The van der Waals surface area contributed by atoms with E-state index in [-0.39, 0.29) is 34.3 Å². The van der Waals surface area contributed by atoms with Crippen LogP contribution in [0.3, 0.4) is 0 Å². The summed E-state index contributed by atoms with van der Waals surface area (Å²) in [7, 11) is 0. The maximum absolute atomic E-state index is 12.8. The van der Waals surface area contributed by atoms with Gasteiger partial charge < -0.3 is 20.1 Å². The summed E-state index contributed by atoms with van der Waals surface area (Å²) in [5, 5.41) is 7.62. The van der Waals surface area contributed by atoms with Crippen molar-refractivity contribution in [3.8, 4) is 11.5 Å². The van der Waals surface area contributed by atoms with Gasteiger partial charge in [0.25, 0.3) is 0 Å². The highest BCUT2D eigenvalue weighted by Gasteiger charge is 2.57. The highest BCUT2D eigenvalue weighted by atomic mass is 19.3. The lowest BCUT2D eigenvalue weighted by molar-refractivity contribution is -0.0505. The molecule has 0 heterocycles. The van der Waals surface area contributed by atoms with Gasteiger partial charge in [-0.15, -0.1) is 0 Å². The topological polar surface area (TPSA) is 42.5 Å². The minimum absolute atomic E-state index is 0.0713. The van der Waals surface area contributed by atoms with Crippen LogP contribution in [0.1, 0.15) is 96.2 Å². The number of hydrogen-bond donors (Lipinski definition) is 2. The zero-order valence-electron chi connectivity index (χ0n) is 28.3. The molecule has 0 radical (unpaired) electrons. The molecule has 0 aliphatic heterocycles. The Kier molecular flexibility index (Phi) is 11.0. The van der Waals surface area contributed by atoms with Crippen LogP contribution in [0, 0.1) is 34.5 Å². The van der Waals surface area contributed by atoms with Crippen molar-refractivity contribution in [2.45, 2.75) is 104 Å². The predicted octanol–water partition coefficient (Wildman–Crippen LogP) is 10.3. The predicted molar refractivity (Wildman–Crippen MR) is 180 cm³/mol. The van der Waals surface area contributed by atoms with Crippen LogP contribution in [-0.2, 0) is 0 Å². The van der Waals surface area contributed by atoms with Crippen molar-refractivity contribution < 1.29 is 27.0 Å². The van der Waals surface area contributed by atoms with E-state index in [1.165, 1.54) is 42.7 Å². The Morgan fingerprint density at radius 3 is 1.94 bits per heavy atom. The molecule has 0 amide bonds. The summed E-state index contributed by atoms with van der Waals surface area (Å²) in [6, 6.07) is 13.2. The zero-order chi connectivity index (χ0) is 33.9. The van der Waals surface area contributed by atoms with Gasteiger partial charge in [-0.2, -0.15) is 17.6 Å². The van der Waals surface area contributed by atoms with E-state index in [0.717, 1.165) is 61.9 Å². The largest absolute Gasteiger partial charge is 0.435 e. The average Bonchev–Trinajstić information content (AvgIpc) is 3.39. The third-order valence-corrected chi connectivity index (χ3v) is 12.1. The normalized spacial score (nSPS) is 30.9. The van der Waals surface area contributed by atoms with Gasteiger partial charge in [0.05, 0.1) is 6.04 Å². The summed E-state index contributed by atoms with van der Waals surface area (Å²) in [4.78, 5) is 0. The number of allylic oxidation sites excluding steroid dienone is 1. The number of benzene rings is 2. The second-order valence-electron chi connectivity index (χ2n) is 14.7. The molecule has 2 aromatic carbocycles. The fourth-order valence-corrected chi connectivity index (χ4v) is 9.64. The van der Waals surface area contributed by atoms with Gasteiger partial charge in [0, 0.05) is 17.7 Å². The second-order valence-corrected chi connectivity index (χ2v) is 14.7. The van der Waals surface area contributed by atoms with E-state index < -0.39 is 13.2 Å². The summed E-state index contributed by atoms with van der Waals surface area (Å²) < 4.78 is 60.5. The number of fused-ring (bicyclic) bond motifs is 1. The monoisotopic (exact) mass is 656 g/mol. The number of halogens is 4. The molecule has 3 aliphatic carbocycles. The molecular weight excluding hydrogens is 604 g/mol. The molecule has 3 fully saturated rings. The van der Waals surface area contributed by atoms with Crippen LogP contribution in [0.25, 0.3) is 0 Å². The fourth-order valence-electron chi connectivity index (χ4n) is 9.64. The van der Waals surface area contributed by atoms with Crippen molar-refractivity contribution in [2.24, 2.45) is 34.5 Å². The standard InChI is InChI=1S/C39H52F4N2O2/c1-7-22-44-34-23-24(2)18-20-39(34,6)32-19-21-38(5)31(25(32)3)16-17-33(38)26(4)45-35(27-8-12-29(13-9-27)46-36(40)41)28-10-14-30(15-11-28)47-37(42)43/h8-15,25,31-37,44-45H,2,4,7,16-23H2,1,3,5-6H3/t25?,31?,32?,33?,34?,38-,39+/m0/s1. The van der Waals surface area contributed by atoms with Gasteiger partial charge in [-0.25, -0.2) is 0 Å². The van der Waals surface area contributed by atoms with E-state index in [2.05, 4.69) is 61.0 Å². The quantitative estimate of drug-likeness (QED) is 0.166. The molecule has 5 rings (SSSR count). The lowest BCUT2D eigenvalue weighted by Gasteiger charge is -2.56. The lowest BCUT2D eigenvalue weighted by atomic mass is 9.50. The molecule has 5 unspecified atom stereocenters. The average molecular weight is 657 g/mol. The Bertz CT molecular complexity index is 1310. The van der Waals surface area contributed by atoms with E-state index in [0.29, 0.717) is 23.8 Å². The smallest absolute Gasteiger partial charge is 0.387 e. The number of nitrogens with one attached hydrogen (secondary N) is 2. The van der Waals surface area contributed by atoms with Crippen molar-refractivity contribution in [3.05, 3.63) is 84.1 Å². The Balaban J connectivity index is 1.36. The summed E-state index contributed by atoms with van der Waals surface area (Å²) in [5.41, 5.74) is 4.29. The molecular formula is C39H52F4N2O2. The first-order valence-corrected chi connectivity index (χ1v) is 17.3. The summed E-state index contributed by atoms with van der Waals surface area (Å²) in [6.45, 7) is 13.9. The first-order valence-electron chi connectivity index (χ1n) is 17.3. The molecule has 7 atom stereocenters. The van der Waals surface area contributed by atoms with Crippen LogP contribution >= 0.6 is 0 Å². The van der Waals surface area contributed by atoms with Crippen LogP contribution < -0.4 is 20.1 Å². The van der Waals surface area contributed by atoms with Crippen molar-refractivity contribution in [2.75, 3.05) is 6.54 Å². The summed E-state index contributed by atoms with van der Waals surface area (Å²) in [6.07, 6.45) is 9.01. The maximum atomic E-state index is 12.8. The van der Waals surface area contributed by atoms with Gasteiger partial charge in [0.1, 0.15) is 11.5 Å². The van der Waals surface area contributed by atoms with E-state index in [1.807, 2.05) is 0 Å². The molecule has 0 spiro atoms. The highest BCUT2D eigenvalue weighted by Crippen LogP contribution is 2.64. The third kappa shape index (κ3) is 7.53. The van der Waals surface area contributed by atoms with Gasteiger partial charge >= 0.3 is 13.2 Å². The third-order valence-electron chi connectivity index (χ3n) is 12.1. The van der Waals surface area contributed by atoms with Crippen LogP contribution in [0.5, 0.6) is 11.5 Å².